The molecule has 7 heteroatoms. The zero-order valence-electron chi connectivity index (χ0n) is 18.7. The standard InChI is InChI=1S/C24H30N2O4S/c1-17-11-13-20(14-12-17)31(28,29)26-16-19-15-24(19,21(26)18-9-7-6-8-10-18)25(5)22(27)30-23(2,3)4/h6-14,19,21H,15-16H2,1-5H3/t19-,21-,24-/m1/s1. The summed E-state index contributed by atoms with van der Waals surface area (Å²) >= 11 is 0. The van der Waals surface area contributed by atoms with E-state index in [0.717, 1.165) is 17.5 Å². The molecule has 3 atom stereocenters. The molecular formula is C24H30N2O4S. The van der Waals surface area contributed by atoms with E-state index in [1.54, 1.807) is 28.4 Å². The van der Waals surface area contributed by atoms with Crippen molar-refractivity contribution < 1.29 is 17.9 Å². The molecule has 0 spiro atoms. The van der Waals surface area contributed by atoms with E-state index in [0.29, 0.717) is 6.54 Å². The molecule has 0 bridgehead atoms. The first-order chi connectivity index (χ1) is 14.5. The Labute approximate surface area is 184 Å². The first-order valence-corrected chi connectivity index (χ1v) is 12.0. The number of aryl methyl sites for hydroxylation is 1. The minimum atomic E-state index is -3.73. The number of amides is 1. The Bertz CT molecular complexity index is 1080. The number of carbonyl (C=O) groups excluding carboxylic acids is 1. The van der Waals surface area contributed by atoms with Crippen molar-refractivity contribution in [2.24, 2.45) is 5.92 Å². The van der Waals surface area contributed by atoms with Gasteiger partial charge in [-0.05, 0) is 51.8 Å². The van der Waals surface area contributed by atoms with Crippen LogP contribution < -0.4 is 0 Å². The number of ether oxygens (including phenoxy) is 1. The molecule has 2 aromatic carbocycles. The molecule has 166 valence electrons. The van der Waals surface area contributed by atoms with Gasteiger partial charge in [-0.1, -0.05) is 48.0 Å². The third-order valence-corrected chi connectivity index (χ3v) is 8.16. The highest BCUT2D eigenvalue weighted by molar-refractivity contribution is 7.89. The van der Waals surface area contributed by atoms with Crippen LogP contribution in [0.1, 0.15) is 44.4 Å². The van der Waals surface area contributed by atoms with Crippen LogP contribution in [-0.4, -0.2) is 48.4 Å². The summed E-state index contributed by atoms with van der Waals surface area (Å²) in [6.07, 6.45) is 0.327. The van der Waals surface area contributed by atoms with Gasteiger partial charge in [0, 0.05) is 19.5 Å². The molecule has 0 N–H and O–H groups in total. The van der Waals surface area contributed by atoms with E-state index in [1.807, 2.05) is 70.2 Å². The Morgan fingerprint density at radius 2 is 1.71 bits per heavy atom. The van der Waals surface area contributed by atoms with Crippen LogP contribution in [0.25, 0.3) is 0 Å². The molecule has 6 nitrogen and oxygen atoms in total. The number of benzene rings is 2. The summed E-state index contributed by atoms with van der Waals surface area (Å²) in [6, 6.07) is 16.1. The molecule has 1 saturated heterocycles. The second-order valence-corrected chi connectivity index (χ2v) is 11.5. The van der Waals surface area contributed by atoms with Crippen LogP contribution in [-0.2, 0) is 14.8 Å². The highest BCUT2D eigenvalue weighted by Gasteiger charge is 2.72. The lowest BCUT2D eigenvalue weighted by Gasteiger charge is -2.37. The van der Waals surface area contributed by atoms with E-state index in [4.69, 9.17) is 4.74 Å². The van der Waals surface area contributed by atoms with Crippen LogP contribution in [0.2, 0.25) is 0 Å². The predicted molar refractivity (Wildman–Crippen MR) is 119 cm³/mol. The van der Waals surface area contributed by atoms with Crippen molar-refractivity contribution in [2.75, 3.05) is 13.6 Å². The minimum Gasteiger partial charge on any atom is -0.444 e. The average molecular weight is 443 g/mol. The van der Waals surface area contributed by atoms with Gasteiger partial charge in [0.05, 0.1) is 16.5 Å². The number of fused-ring (bicyclic) bond motifs is 1. The molecule has 2 aliphatic rings. The lowest BCUT2D eigenvalue weighted by atomic mass is 9.97. The Morgan fingerprint density at radius 1 is 1.10 bits per heavy atom. The van der Waals surface area contributed by atoms with E-state index in [-0.39, 0.29) is 10.8 Å². The third kappa shape index (κ3) is 3.74. The molecule has 1 saturated carbocycles. The van der Waals surface area contributed by atoms with E-state index >= 15 is 0 Å². The summed E-state index contributed by atoms with van der Waals surface area (Å²) in [6.45, 7) is 7.80. The van der Waals surface area contributed by atoms with Crippen molar-refractivity contribution in [1.29, 1.82) is 0 Å². The number of nitrogens with zero attached hydrogens (tertiary/aromatic N) is 2. The highest BCUT2D eigenvalue weighted by atomic mass is 32.2. The summed E-state index contributed by atoms with van der Waals surface area (Å²) in [5.74, 6) is 0.0652. The van der Waals surface area contributed by atoms with Crippen molar-refractivity contribution in [3.8, 4) is 0 Å². The monoisotopic (exact) mass is 442 g/mol. The van der Waals surface area contributed by atoms with Gasteiger partial charge in [0.15, 0.2) is 0 Å². The molecule has 1 amide bonds. The average Bonchev–Trinajstić information content (AvgIpc) is 3.32. The lowest BCUT2D eigenvalue weighted by Crippen LogP contribution is -2.48. The van der Waals surface area contributed by atoms with Crippen molar-refractivity contribution in [2.45, 2.75) is 56.2 Å². The Morgan fingerprint density at radius 3 is 2.29 bits per heavy atom. The minimum absolute atomic E-state index is 0.0652. The fourth-order valence-electron chi connectivity index (χ4n) is 4.73. The maximum Gasteiger partial charge on any atom is 0.410 e. The number of hydrogen-bond acceptors (Lipinski definition) is 4. The molecule has 2 fully saturated rings. The van der Waals surface area contributed by atoms with E-state index in [2.05, 4.69) is 0 Å². The zero-order valence-corrected chi connectivity index (χ0v) is 19.5. The number of hydrogen-bond donors (Lipinski definition) is 0. The Kier molecular flexibility index (Phi) is 5.17. The Hall–Kier alpha value is -2.38. The summed E-state index contributed by atoms with van der Waals surface area (Å²) in [5.41, 5.74) is 0.653. The van der Waals surface area contributed by atoms with Gasteiger partial charge < -0.3 is 9.64 Å². The zero-order chi connectivity index (χ0) is 22.6. The van der Waals surface area contributed by atoms with Crippen LogP contribution in [0.5, 0.6) is 0 Å². The molecule has 0 radical (unpaired) electrons. The number of sulfonamides is 1. The molecule has 4 rings (SSSR count). The molecular weight excluding hydrogens is 412 g/mol. The first-order valence-electron chi connectivity index (χ1n) is 10.6. The summed E-state index contributed by atoms with van der Waals surface area (Å²) < 4.78 is 34.5. The van der Waals surface area contributed by atoms with Crippen LogP contribution in [0.15, 0.2) is 59.5 Å². The summed E-state index contributed by atoms with van der Waals surface area (Å²) in [4.78, 5) is 14.9. The molecule has 1 aliphatic carbocycles. The molecule has 1 aliphatic heterocycles. The number of carbonyl (C=O) groups is 1. The molecule has 0 aromatic heterocycles. The number of piperidine rings is 1. The van der Waals surface area contributed by atoms with Crippen molar-refractivity contribution >= 4 is 16.1 Å². The van der Waals surface area contributed by atoms with Gasteiger partial charge >= 0.3 is 6.09 Å². The van der Waals surface area contributed by atoms with Crippen molar-refractivity contribution in [3.63, 3.8) is 0 Å². The smallest absolute Gasteiger partial charge is 0.410 e. The van der Waals surface area contributed by atoms with E-state index in [1.165, 1.54) is 0 Å². The van der Waals surface area contributed by atoms with Gasteiger partial charge in [-0.2, -0.15) is 4.31 Å². The third-order valence-electron chi connectivity index (χ3n) is 6.32. The Balaban J connectivity index is 1.75. The predicted octanol–water partition coefficient (Wildman–Crippen LogP) is 4.37. The maximum absolute atomic E-state index is 13.7. The van der Waals surface area contributed by atoms with Crippen LogP contribution >= 0.6 is 0 Å². The summed E-state index contributed by atoms with van der Waals surface area (Å²) in [7, 11) is -2.01. The number of rotatable bonds is 4. The number of likely N-dealkylation sites (N-methyl/N-ethyl adjacent to an activating group) is 1. The normalized spacial score (nSPS) is 25.7. The SMILES string of the molecule is Cc1ccc(S(=O)(=O)N2C[C@H]3C[C@]3(N(C)C(=O)OC(C)(C)C)[C@H]2c2ccccc2)cc1. The second-order valence-electron chi connectivity index (χ2n) is 9.63. The van der Waals surface area contributed by atoms with E-state index < -0.39 is 33.3 Å². The van der Waals surface area contributed by atoms with Gasteiger partial charge in [-0.15, -0.1) is 0 Å². The van der Waals surface area contributed by atoms with E-state index in [9.17, 15) is 13.2 Å². The van der Waals surface area contributed by atoms with Gasteiger partial charge in [0.1, 0.15) is 5.60 Å². The maximum atomic E-state index is 13.7. The molecule has 1 heterocycles. The molecule has 31 heavy (non-hydrogen) atoms. The lowest BCUT2D eigenvalue weighted by molar-refractivity contribution is 0.0141. The van der Waals surface area contributed by atoms with Crippen LogP contribution in [0.4, 0.5) is 4.79 Å². The van der Waals surface area contributed by atoms with Gasteiger partial charge in [0.2, 0.25) is 10.0 Å². The van der Waals surface area contributed by atoms with Crippen molar-refractivity contribution in [3.05, 3.63) is 65.7 Å². The topological polar surface area (TPSA) is 66.9 Å². The van der Waals surface area contributed by atoms with Crippen LogP contribution in [0.3, 0.4) is 0 Å². The fourth-order valence-corrected chi connectivity index (χ4v) is 6.44. The second kappa shape index (κ2) is 7.35. The largest absolute Gasteiger partial charge is 0.444 e. The fraction of sp³-hybridized carbons (Fsp3) is 0.458. The first kappa shape index (κ1) is 21.8. The molecule has 2 aromatic rings. The highest BCUT2D eigenvalue weighted by Crippen LogP contribution is 2.64. The van der Waals surface area contributed by atoms with Crippen molar-refractivity contribution in [1.82, 2.24) is 9.21 Å². The quantitative estimate of drug-likeness (QED) is 0.705. The van der Waals surface area contributed by atoms with Gasteiger partial charge in [-0.3, -0.25) is 0 Å². The van der Waals surface area contributed by atoms with Gasteiger partial charge in [-0.25, -0.2) is 13.2 Å². The summed E-state index contributed by atoms with van der Waals surface area (Å²) in [5, 5.41) is 0. The molecule has 0 unspecified atom stereocenters. The van der Waals surface area contributed by atoms with Crippen LogP contribution in [0, 0.1) is 12.8 Å². The van der Waals surface area contributed by atoms with Gasteiger partial charge in [0.25, 0.3) is 0 Å².